The number of hydrogen-bond acceptors (Lipinski definition) is 3. The van der Waals surface area contributed by atoms with Gasteiger partial charge in [0.15, 0.2) is 0 Å². The maximum absolute atomic E-state index is 10.3. The van der Waals surface area contributed by atoms with Gasteiger partial charge in [-0.15, -0.1) is 0 Å². The van der Waals surface area contributed by atoms with Gasteiger partial charge in [0.05, 0.1) is 7.14 Å². The molecule has 2 rings (SSSR count). The third-order valence-electron chi connectivity index (χ3n) is 2.84. The van der Waals surface area contributed by atoms with Gasteiger partial charge in [0.2, 0.25) is 0 Å². The van der Waals surface area contributed by atoms with E-state index < -0.39 is 5.60 Å². The number of benzene rings is 1. The lowest BCUT2D eigenvalue weighted by molar-refractivity contribution is 0.0115. The van der Waals surface area contributed by atoms with E-state index in [0.717, 1.165) is 12.9 Å². The zero-order valence-electron chi connectivity index (χ0n) is 10.5. The van der Waals surface area contributed by atoms with E-state index in [2.05, 4.69) is 85.2 Å². The van der Waals surface area contributed by atoms with Crippen molar-refractivity contribution in [1.82, 2.24) is 5.32 Å². The molecule has 0 amide bonds. The maximum Gasteiger partial charge on any atom is 0.146 e. The summed E-state index contributed by atoms with van der Waals surface area (Å²) >= 11 is 6.84. The van der Waals surface area contributed by atoms with E-state index in [1.807, 2.05) is 6.92 Å². The van der Waals surface area contributed by atoms with Crippen LogP contribution in [0.15, 0.2) is 12.1 Å². The van der Waals surface area contributed by atoms with Gasteiger partial charge in [-0.1, -0.05) is 0 Å². The van der Waals surface area contributed by atoms with Crippen LogP contribution in [0.3, 0.4) is 0 Å². The molecule has 0 radical (unpaired) electrons. The van der Waals surface area contributed by atoms with E-state index in [1.54, 1.807) is 0 Å². The molecule has 1 aliphatic carbocycles. The minimum Gasteiger partial charge on any atom is -0.488 e. The molecule has 106 valence electrons. The first kappa shape index (κ1) is 16.5. The lowest BCUT2D eigenvalue weighted by atomic mass is 10.1. The van der Waals surface area contributed by atoms with E-state index in [0.29, 0.717) is 19.2 Å². The summed E-state index contributed by atoms with van der Waals surface area (Å²) < 4.78 is 9.19. The van der Waals surface area contributed by atoms with Crippen molar-refractivity contribution in [3.05, 3.63) is 22.8 Å². The summed E-state index contributed by atoms with van der Waals surface area (Å²) in [5, 5.41) is 13.6. The van der Waals surface area contributed by atoms with E-state index in [1.165, 1.54) is 16.4 Å². The van der Waals surface area contributed by atoms with Gasteiger partial charge >= 0.3 is 0 Å². The molecular formula is C13H16I3NO2. The molecule has 0 heterocycles. The van der Waals surface area contributed by atoms with E-state index in [-0.39, 0.29) is 0 Å². The smallest absolute Gasteiger partial charge is 0.146 e. The van der Waals surface area contributed by atoms with Crippen LogP contribution < -0.4 is 10.1 Å². The molecule has 1 aromatic rings. The standard InChI is InChI=1S/C13H16I3NO2/c1-13(18,6-17-9-2-3-9)7-19-12-10(15)4-8(14)5-11(12)16/h4-5,9,17-18H,2-3,6-7H2,1H3. The number of aliphatic hydroxyl groups is 1. The van der Waals surface area contributed by atoms with Gasteiger partial charge in [-0.3, -0.25) is 0 Å². The summed E-state index contributed by atoms with van der Waals surface area (Å²) in [7, 11) is 0. The van der Waals surface area contributed by atoms with Crippen molar-refractivity contribution in [1.29, 1.82) is 0 Å². The maximum atomic E-state index is 10.3. The monoisotopic (exact) mass is 599 g/mol. The van der Waals surface area contributed by atoms with Crippen LogP contribution in [0.25, 0.3) is 0 Å². The Kier molecular flexibility index (Phi) is 6.01. The first-order valence-electron chi connectivity index (χ1n) is 6.10. The molecule has 0 saturated heterocycles. The highest BCUT2D eigenvalue weighted by atomic mass is 127. The summed E-state index contributed by atoms with van der Waals surface area (Å²) in [6.07, 6.45) is 2.45. The number of ether oxygens (including phenoxy) is 1. The van der Waals surface area contributed by atoms with Gasteiger partial charge < -0.3 is 15.2 Å². The van der Waals surface area contributed by atoms with E-state index >= 15 is 0 Å². The Morgan fingerprint density at radius 3 is 2.42 bits per heavy atom. The lowest BCUT2D eigenvalue weighted by Gasteiger charge is -2.24. The van der Waals surface area contributed by atoms with E-state index in [9.17, 15) is 5.11 Å². The second kappa shape index (κ2) is 6.93. The third-order valence-corrected chi connectivity index (χ3v) is 5.06. The van der Waals surface area contributed by atoms with Crippen LogP contribution in [0, 0.1) is 10.7 Å². The molecule has 2 N–H and O–H groups in total. The second-order valence-corrected chi connectivity index (χ2v) is 8.71. The molecule has 6 heteroatoms. The zero-order chi connectivity index (χ0) is 14.0. The zero-order valence-corrected chi connectivity index (χ0v) is 17.0. The fourth-order valence-electron chi connectivity index (χ4n) is 1.60. The Morgan fingerprint density at radius 2 is 1.89 bits per heavy atom. The van der Waals surface area contributed by atoms with Crippen molar-refractivity contribution in [2.24, 2.45) is 0 Å². The Hall–Kier alpha value is 1.13. The van der Waals surface area contributed by atoms with Gasteiger partial charge in [0.1, 0.15) is 18.0 Å². The van der Waals surface area contributed by atoms with Crippen LogP contribution in [-0.4, -0.2) is 29.9 Å². The van der Waals surface area contributed by atoms with Gasteiger partial charge in [-0.2, -0.15) is 0 Å². The Balaban J connectivity index is 1.93. The number of hydrogen-bond donors (Lipinski definition) is 2. The first-order valence-corrected chi connectivity index (χ1v) is 9.34. The van der Waals surface area contributed by atoms with Gasteiger partial charge in [0.25, 0.3) is 0 Å². The average Bonchev–Trinajstić information content (AvgIpc) is 3.08. The van der Waals surface area contributed by atoms with Crippen LogP contribution in [-0.2, 0) is 0 Å². The molecule has 1 fully saturated rings. The number of halogens is 3. The van der Waals surface area contributed by atoms with Crippen molar-refractivity contribution in [2.45, 2.75) is 31.4 Å². The SMILES string of the molecule is CC(O)(CNC1CC1)COc1c(I)cc(I)cc1I. The van der Waals surface area contributed by atoms with Crippen LogP contribution in [0.4, 0.5) is 0 Å². The fourth-order valence-corrected chi connectivity index (χ4v) is 5.49. The van der Waals surface area contributed by atoms with Gasteiger partial charge in [0, 0.05) is 16.2 Å². The number of nitrogens with one attached hydrogen (secondary N) is 1. The van der Waals surface area contributed by atoms with Crippen LogP contribution >= 0.6 is 67.8 Å². The molecule has 0 aliphatic heterocycles. The van der Waals surface area contributed by atoms with Crippen molar-refractivity contribution < 1.29 is 9.84 Å². The Morgan fingerprint density at radius 1 is 1.32 bits per heavy atom. The summed E-state index contributed by atoms with van der Waals surface area (Å²) in [6.45, 7) is 2.70. The molecule has 0 bridgehead atoms. The largest absolute Gasteiger partial charge is 0.488 e. The molecule has 1 atom stereocenters. The Bertz CT molecular complexity index is 438. The van der Waals surface area contributed by atoms with Crippen LogP contribution in [0.5, 0.6) is 5.75 Å². The predicted octanol–water partition coefficient (Wildman–Crippen LogP) is 3.38. The molecule has 3 nitrogen and oxygen atoms in total. The van der Waals surface area contributed by atoms with Crippen molar-refractivity contribution in [2.75, 3.05) is 13.2 Å². The summed E-state index contributed by atoms with van der Waals surface area (Å²) in [5.41, 5.74) is -0.836. The topological polar surface area (TPSA) is 41.5 Å². The molecule has 19 heavy (non-hydrogen) atoms. The second-order valence-electron chi connectivity index (χ2n) is 5.14. The molecule has 1 unspecified atom stereocenters. The molecule has 0 spiro atoms. The van der Waals surface area contributed by atoms with Crippen LogP contribution in [0.1, 0.15) is 19.8 Å². The van der Waals surface area contributed by atoms with Crippen molar-refractivity contribution in [3.8, 4) is 5.75 Å². The van der Waals surface area contributed by atoms with Crippen LogP contribution in [0.2, 0.25) is 0 Å². The van der Waals surface area contributed by atoms with E-state index in [4.69, 9.17) is 4.74 Å². The first-order chi connectivity index (χ1) is 8.87. The fraction of sp³-hybridized carbons (Fsp3) is 0.538. The highest BCUT2D eigenvalue weighted by Crippen LogP contribution is 2.30. The van der Waals surface area contributed by atoms with Gasteiger partial charge in [-0.25, -0.2) is 0 Å². The third kappa shape index (κ3) is 5.44. The predicted molar refractivity (Wildman–Crippen MR) is 102 cm³/mol. The Labute approximate surface area is 154 Å². The highest BCUT2D eigenvalue weighted by Gasteiger charge is 2.27. The molecule has 0 aromatic heterocycles. The summed E-state index contributed by atoms with van der Waals surface area (Å²) in [4.78, 5) is 0. The average molecular weight is 599 g/mol. The minimum atomic E-state index is -0.836. The summed E-state index contributed by atoms with van der Waals surface area (Å²) in [6, 6.07) is 4.76. The highest BCUT2D eigenvalue weighted by molar-refractivity contribution is 14.1. The van der Waals surface area contributed by atoms with Crippen molar-refractivity contribution in [3.63, 3.8) is 0 Å². The molecular weight excluding hydrogens is 583 g/mol. The normalized spacial score (nSPS) is 18.2. The summed E-state index contributed by atoms with van der Waals surface area (Å²) in [5.74, 6) is 0.869. The molecule has 1 saturated carbocycles. The number of rotatable bonds is 6. The molecule has 1 aromatic carbocycles. The quantitative estimate of drug-likeness (QED) is 0.494. The lowest BCUT2D eigenvalue weighted by Crippen LogP contribution is -2.43. The minimum absolute atomic E-state index is 0.305. The molecule has 1 aliphatic rings. The van der Waals surface area contributed by atoms with Gasteiger partial charge in [-0.05, 0) is 99.7 Å². The van der Waals surface area contributed by atoms with Crippen molar-refractivity contribution >= 4 is 67.8 Å².